The highest BCUT2D eigenvalue weighted by Gasteiger charge is 1.93. The Morgan fingerprint density at radius 3 is 1.73 bits per heavy atom. The zero-order chi connectivity index (χ0) is 11.5. The summed E-state index contributed by atoms with van der Waals surface area (Å²) in [6, 6.07) is 0. The highest BCUT2D eigenvalue weighted by atomic mass is 16.5. The lowest BCUT2D eigenvalue weighted by Crippen LogP contribution is -1.89. The number of aliphatic hydroxyl groups excluding tert-OH is 2. The van der Waals surface area contributed by atoms with Gasteiger partial charge in [0.1, 0.15) is 23.9 Å². The predicted molar refractivity (Wildman–Crippen MR) is 47.7 cm³/mol. The standard InChI is InChI=1S/C8H8N2O5/c11-1-7(9-5-13)3-15-4-8(2-12)10-6-14/h3-4,11-12H,1-2H2. The van der Waals surface area contributed by atoms with Crippen molar-refractivity contribution in [1.82, 2.24) is 0 Å². The van der Waals surface area contributed by atoms with E-state index in [4.69, 9.17) is 10.2 Å². The van der Waals surface area contributed by atoms with Crippen molar-refractivity contribution in [3.05, 3.63) is 23.9 Å². The molecule has 15 heavy (non-hydrogen) atoms. The molecule has 0 aromatic rings. The maximum atomic E-state index is 9.81. The van der Waals surface area contributed by atoms with Crippen LogP contribution in [0.25, 0.3) is 0 Å². The summed E-state index contributed by atoms with van der Waals surface area (Å²) in [4.78, 5) is 25.8. The summed E-state index contributed by atoms with van der Waals surface area (Å²) < 4.78 is 4.66. The fourth-order valence-corrected chi connectivity index (χ4v) is 0.506. The predicted octanol–water partition coefficient (Wildman–Crippen LogP) is -0.658. The lowest BCUT2D eigenvalue weighted by molar-refractivity contribution is 0.306. The molecule has 0 amide bonds. The number of nitrogens with zero attached hydrogens (tertiary/aromatic N) is 2. The summed E-state index contributed by atoms with van der Waals surface area (Å²) in [6.07, 6.45) is 4.30. The topological polar surface area (TPSA) is 109 Å². The average molecular weight is 212 g/mol. The van der Waals surface area contributed by atoms with E-state index in [1.165, 1.54) is 12.2 Å². The lowest BCUT2D eigenvalue weighted by Gasteiger charge is -1.95. The van der Waals surface area contributed by atoms with Crippen LogP contribution in [0.1, 0.15) is 0 Å². The molecule has 2 N–H and O–H groups in total. The number of ether oxygens (including phenoxy) is 1. The molecule has 0 heterocycles. The molecule has 0 aliphatic carbocycles. The van der Waals surface area contributed by atoms with E-state index >= 15 is 0 Å². The minimum atomic E-state index is -0.505. The van der Waals surface area contributed by atoms with Gasteiger partial charge in [-0.2, -0.15) is 9.98 Å². The first-order valence-electron chi connectivity index (χ1n) is 3.69. The Labute approximate surface area is 84.7 Å². The van der Waals surface area contributed by atoms with Gasteiger partial charge in [0.2, 0.25) is 12.2 Å². The van der Waals surface area contributed by atoms with E-state index in [1.54, 1.807) is 0 Å². The quantitative estimate of drug-likeness (QED) is 0.345. The molecule has 80 valence electrons. The molecule has 0 fully saturated rings. The molecule has 0 rings (SSSR count). The molecule has 0 saturated carbocycles. The van der Waals surface area contributed by atoms with Crippen molar-refractivity contribution in [3.8, 4) is 0 Å². The van der Waals surface area contributed by atoms with E-state index in [2.05, 4.69) is 14.7 Å². The second kappa shape index (κ2) is 8.55. The van der Waals surface area contributed by atoms with Crippen LogP contribution in [0, 0.1) is 0 Å². The van der Waals surface area contributed by atoms with Gasteiger partial charge in [0.15, 0.2) is 0 Å². The normalized spacial score (nSPS) is 11.3. The van der Waals surface area contributed by atoms with Crippen molar-refractivity contribution in [2.24, 2.45) is 9.98 Å². The third-order valence-corrected chi connectivity index (χ3v) is 1.11. The molecule has 0 radical (unpaired) electrons. The van der Waals surface area contributed by atoms with Gasteiger partial charge in [-0.3, -0.25) is 0 Å². The van der Waals surface area contributed by atoms with Crippen LogP contribution in [0.15, 0.2) is 33.9 Å². The summed E-state index contributed by atoms with van der Waals surface area (Å²) in [5, 5.41) is 17.2. The number of aliphatic hydroxyl groups is 2. The molecule has 0 unspecified atom stereocenters. The summed E-state index contributed by atoms with van der Waals surface area (Å²) in [5.74, 6) is 0. The zero-order valence-electron chi connectivity index (χ0n) is 7.58. The van der Waals surface area contributed by atoms with Crippen molar-refractivity contribution in [2.45, 2.75) is 0 Å². The molecule has 0 aromatic heterocycles. The van der Waals surface area contributed by atoms with Gasteiger partial charge in [-0.15, -0.1) is 0 Å². The Balaban J connectivity index is 4.47. The first kappa shape index (κ1) is 13.0. The van der Waals surface area contributed by atoms with E-state index in [1.807, 2.05) is 0 Å². The number of isocyanates is 2. The lowest BCUT2D eigenvalue weighted by atomic mass is 10.5. The van der Waals surface area contributed by atoms with E-state index < -0.39 is 13.2 Å². The maximum absolute atomic E-state index is 9.81. The molecule has 0 atom stereocenters. The molecule has 0 bridgehead atoms. The molecule has 0 aliphatic heterocycles. The maximum Gasteiger partial charge on any atom is 0.240 e. The van der Waals surface area contributed by atoms with Crippen molar-refractivity contribution >= 4 is 12.2 Å². The Morgan fingerprint density at radius 1 is 1.07 bits per heavy atom. The zero-order valence-corrected chi connectivity index (χ0v) is 7.58. The molecule has 0 aromatic carbocycles. The molecule has 0 aliphatic rings. The number of carbonyl (C=O) groups excluding carboxylic acids is 2. The summed E-state index contributed by atoms with van der Waals surface area (Å²) in [6.45, 7) is -1.01. The van der Waals surface area contributed by atoms with E-state index in [0.29, 0.717) is 0 Å². The van der Waals surface area contributed by atoms with Gasteiger partial charge < -0.3 is 14.9 Å². The largest absolute Gasteiger partial charge is 0.469 e. The van der Waals surface area contributed by atoms with Gasteiger partial charge in [0.25, 0.3) is 0 Å². The second-order valence-corrected chi connectivity index (χ2v) is 2.08. The molecular formula is C8H8N2O5. The van der Waals surface area contributed by atoms with Crippen LogP contribution in [0.5, 0.6) is 0 Å². The fourth-order valence-electron chi connectivity index (χ4n) is 0.506. The van der Waals surface area contributed by atoms with Crippen LogP contribution in [0.4, 0.5) is 0 Å². The van der Waals surface area contributed by atoms with Crippen LogP contribution in [0.2, 0.25) is 0 Å². The summed E-state index contributed by atoms with van der Waals surface area (Å²) in [7, 11) is 0. The van der Waals surface area contributed by atoms with Gasteiger partial charge in [-0.05, 0) is 0 Å². The first-order valence-corrected chi connectivity index (χ1v) is 3.69. The Bertz CT molecular complexity index is 314. The summed E-state index contributed by atoms with van der Waals surface area (Å²) in [5.41, 5.74) is -0.123. The SMILES string of the molecule is O=C=NC(=COC=C(CO)N=C=O)CO. The van der Waals surface area contributed by atoms with Crippen molar-refractivity contribution < 1.29 is 24.5 Å². The van der Waals surface area contributed by atoms with Gasteiger partial charge >= 0.3 is 0 Å². The van der Waals surface area contributed by atoms with Crippen LogP contribution >= 0.6 is 0 Å². The van der Waals surface area contributed by atoms with Crippen LogP contribution in [-0.2, 0) is 14.3 Å². The Kier molecular flexibility index (Phi) is 7.39. The Hall–Kier alpha value is -2.04. The minimum absolute atomic E-state index is 0.0615. The third kappa shape index (κ3) is 6.09. The highest BCUT2D eigenvalue weighted by molar-refractivity contribution is 5.37. The Morgan fingerprint density at radius 2 is 1.47 bits per heavy atom. The average Bonchev–Trinajstić information content (AvgIpc) is 2.26. The molecule has 7 nitrogen and oxygen atoms in total. The van der Waals surface area contributed by atoms with Crippen molar-refractivity contribution in [3.63, 3.8) is 0 Å². The van der Waals surface area contributed by atoms with Gasteiger partial charge in [0.05, 0.1) is 13.2 Å². The van der Waals surface area contributed by atoms with E-state index in [-0.39, 0.29) is 11.4 Å². The molecule has 7 heteroatoms. The first-order chi connectivity index (χ1) is 7.28. The van der Waals surface area contributed by atoms with Crippen LogP contribution < -0.4 is 0 Å². The van der Waals surface area contributed by atoms with Crippen LogP contribution in [-0.4, -0.2) is 35.6 Å². The van der Waals surface area contributed by atoms with Gasteiger partial charge in [0, 0.05) is 0 Å². The number of hydrogen-bond donors (Lipinski definition) is 2. The second-order valence-electron chi connectivity index (χ2n) is 2.08. The summed E-state index contributed by atoms with van der Waals surface area (Å²) >= 11 is 0. The number of aliphatic imine (C=N–C) groups is 2. The van der Waals surface area contributed by atoms with Gasteiger partial charge in [-0.1, -0.05) is 0 Å². The van der Waals surface area contributed by atoms with E-state index in [0.717, 1.165) is 12.5 Å². The van der Waals surface area contributed by atoms with Crippen molar-refractivity contribution in [1.29, 1.82) is 0 Å². The monoisotopic (exact) mass is 212 g/mol. The van der Waals surface area contributed by atoms with Crippen molar-refractivity contribution in [2.75, 3.05) is 13.2 Å². The van der Waals surface area contributed by atoms with Crippen LogP contribution in [0.3, 0.4) is 0 Å². The molecular weight excluding hydrogens is 204 g/mol. The highest BCUT2D eigenvalue weighted by Crippen LogP contribution is 1.98. The third-order valence-electron chi connectivity index (χ3n) is 1.11. The minimum Gasteiger partial charge on any atom is -0.469 e. The number of rotatable bonds is 6. The number of hydrogen-bond acceptors (Lipinski definition) is 7. The molecule has 0 spiro atoms. The van der Waals surface area contributed by atoms with Gasteiger partial charge in [-0.25, -0.2) is 9.59 Å². The van der Waals surface area contributed by atoms with E-state index in [9.17, 15) is 9.59 Å². The smallest absolute Gasteiger partial charge is 0.240 e. The molecule has 0 saturated heterocycles. The fraction of sp³-hybridized carbons (Fsp3) is 0.250.